The van der Waals surface area contributed by atoms with Crippen LogP contribution in [0.1, 0.15) is 41.9 Å². The number of fused-ring (bicyclic) bond motifs is 2. The summed E-state index contributed by atoms with van der Waals surface area (Å²) >= 11 is 13.0. The van der Waals surface area contributed by atoms with Gasteiger partial charge in [-0.1, -0.05) is 59.6 Å². The number of carboxylic acid groups (broad SMARTS) is 1. The zero-order valence-corrected chi connectivity index (χ0v) is 20.4. The molecule has 3 aromatic rings. The first-order valence-electron chi connectivity index (χ1n) is 11.6. The fraction of sp³-hybridized carbons (Fsp3) is 0.321. The van der Waals surface area contributed by atoms with Gasteiger partial charge in [0.25, 0.3) is 0 Å². The largest absolute Gasteiger partial charge is 0.496 e. The zero-order valence-electron chi connectivity index (χ0n) is 18.9. The van der Waals surface area contributed by atoms with E-state index >= 15 is 0 Å². The number of aliphatic carboxylic acids is 1. The summed E-state index contributed by atoms with van der Waals surface area (Å²) in [6.07, 6.45) is 2.86. The molecule has 4 nitrogen and oxygen atoms in total. The molecule has 0 radical (unpaired) electrons. The SMILES string of the molecule is COc1cccc(Cl)c1C1Cc2ccccc2[C@@]12CC[C@H](C(=O)O)C(Nc1cccc(Cl)c1)C2. The van der Waals surface area contributed by atoms with Crippen LogP contribution >= 0.6 is 23.2 Å². The molecule has 0 saturated heterocycles. The lowest BCUT2D eigenvalue weighted by atomic mass is 9.59. The Bertz CT molecular complexity index is 1230. The molecule has 0 amide bonds. The number of ether oxygens (including phenoxy) is 1. The summed E-state index contributed by atoms with van der Waals surface area (Å²) in [5.74, 6) is -0.393. The summed E-state index contributed by atoms with van der Waals surface area (Å²) in [5, 5.41) is 14.9. The Morgan fingerprint density at radius 1 is 1.09 bits per heavy atom. The monoisotopic (exact) mass is 495 g/mol. The van der Waals surface area contributed by atoms with Crippen molar-refractivity contribution >= 4 is 34.9 Å². The van der Waals surface area contributed by atoms with Gasteiger partial charge in [-0.15, -0.1) is 0 Å². The standard InChI is InChI=1S/C28H27Cl2NO3/c1-34-25-11-5-10-23(30)26(25)22-14-17-6-2-3-9-21(17)28(22)13-12-20(27(32)33)24(16-28)31-19-8-4-7-18(29)15-19/h2-11,15,20,22,24,31H,12-14,16H2,1H3,(H,32,33)/t20-,22?,24?,28-/m0/s1. The fourth-order valence-corrected chi connectivity index (χ4v) is 6.74. The van der Waals surface area contributed by atoms with Crippen molar-refractivity contribution in [3.8, 4) is 5.75 Å². The Labute approximate surface area is 209 Å². The highest BCUT2D eigenvalue weighted by Gasteiger charge is 2.53. The predicted molar refractivity (Wildman–Crippen MR) is 136 cm³/mol. The summed E-state index contributed by atoms with van der Waals surface area (Å²) in [6, 6.07) is 21.5. The number of benzene rings is 3. The molecule has 0 heterocycles. The van der Waals surface area contributed by atoms with Gasteiger partial charge in [-0.2, -0.15) is 0 Å². The van der Waals surface area contributed by atoms with E-state index < -0.39 is 11.9 Å². The first kappa shape index (κ1) is 23.1. The van der Waals surface area contributed by atoms with E-state index in [0.717, 1.165) is 29.8 Å². The minimum Gasteiger partial charge on any atom is -0.496 e. The van der Waals surface area contributed by atoms with Crippen LogP contribution in [0, 0.1) is 5.92 Å². The second kappa shape index (κ2) is 9.16. The molecular weight excluding hydrogens is 469 g/mol. The zero-order chi connectivity index (χ0) is 23.9. The van der Waals surface area contributed by atoms with Crippen LogP contribution in [0.5, 0.6) is 5.75 Å². The number of hydrogen-bond donors (Lipinski definition) is 2. The van der Waals surface area contributed by atoms with Crippen molar-refractivity contribution in [3.05, 3.63) is 93.5 Å². The maximum absolute atomic E-state index is 12.3. The smallest absolute Gasteiger partial charge is 0.308 e. The molecule has 1 saturated carbocycles. The Morgan fingerprint density at radius 3 is 2.65 bits per heavy atom. The predicted octanol–water partition coefficient (Wildman–Crippen LogP) is 6.95. The van der Waals surface area contributed by atoms with Crippen molar-refractivity contribution in [2.24, 2.45) is 5.92 Å². The Kier molecular flexibility index (Phi) is 6.22. The van der Waals surface area contributed by atoms with Crippen LogP contribution in [0.2, 0.25) is 10.0 Å². The van der Waals surface area contributed by atoms with Gasteiger partial charge < -0.3 is 15.2 Å². The van der Waals surface area contributed by atoms with E-state index in [2.05, 4.69) is 29.6 Å². The molecular formula is C28H27Cl2NO3. The molecule has 5 rings (SSSR count). The van der Waals surface area contributed by atoms with E-state index in [-0.39, 0.29) is 17.4 Å². The van der Waals surface area contributed by atoms with Crippen LogP contribution in [0.15, 0.2) is 66.7 Å². The summed E-state index contributed by atoms with van der Waals surface area (Å²) in [7, 11) is 1.68. The highest BCUT2D eigenvalue weighted by atomic mass is 35.5. The molecule has 2 unspecified atom stereocenters. The summed E-state index contributed by atoms with van der Waals surface area (Å²) in [5.41, 5.74) is 4.18. The van der Waals surface area contributed by atoms with Crippen LogP contribution in [0.4, 0.5) is 5.69 Å². The number of hydrogen-bond acceptors (Lipinski definition) is 3. The van der Waals surface area contributed by atoms with Gasteiger partial charge in [0.2, 0.25) is 0 Å². The first-order valence-corrected chi connectivity index (χ1v) is 12.3. The molecule has 2 aliphatic rings. The Morgan fingerprint density at radius 2 is 1.88 bits per heavy atom. The van der Waals surface area contributed by atoms with E-state index in [1.54, 1.807) is 7.11 Å². The molecule has 0 aromatic heterocycles. The molecule has 6 heteroatoms. The maximum Gasteiger partial charge on any atom is 0.308 e. The highest BCUT2D eigenvalue weighted by Crippen LogP contribution is 2.59. The maximum atomic E-state index is 12.3. The normalized spacial score (nSPS) is 25.7. The van der Waals surface area contributed by atoms with Crippen LogP contribution in [-0.4, -0.2) is 24.2 Å². The lowest BCUT2D eigenvalue weighted by Gasteiger charge is -2.46. The molecule has 0 bridgehead atoms. The Balaban J connectivity index is 1.61. The molecule has 4 atom stereocenters. The van der Waals surface area contributed by atoms with Gasteiger partial charge in [-0.05, 0) is 67.1 Å². The fourth-order valence-electron chi connectivity index (χ4n) is 6.25. The third kappa shape index (κ3) is 3.93. The van der Waals surface area contributed by atoms with Crippen molar-refractivity contribution in [3.63, 3.8) is 0 Å². The lowest BCUT2D eigenvalue weighted by molar-refractivity contribution is -0.143. The third-order valence-corrected chi connectivity index (χ3v) is 8.26. The second-order valence-electron chi connectivity index (χ2n) is 9.37. The van der Waals surface area contributed by atoms with Crippen LogP contribution in [0.25, 0.3) is 0 Å². The summed E-state index contributed by atoms with van der Waals surface area (Å²) < 4.78 is 5.76. The molecule has 1 fully saturated rings. The van der Waals surface area contributed by atoms with Crippen molar-refractivity contribution in [2.75, 3.05) is 12.4 Å². The van der Waals surface area contributed by atoms with Gasteiger partial charge in [0, 0.05) is 38.7 Å². The number of nitrogens with one attached hydrogen (secondary N) is 1. The van der Waals surface area contributed by atoms with Gasteiger partial charge in [0.05, 0.1) is 13.0 Å². The number of halogens is 2. The Hall–Kier alpha value is -2.69. The average molecular weight is 496 g/mol. The summed E-state index contributed by atoms with van der Waals surface area (Å²) in [6.45, 7) is 0. The van der Waals surface area contributed by atoms with E-state index in [1.165, 1.54) is 11.1 Å². The van der Waals surface area contributed by atoms with Gasteiger partial charge in [0.1, 0.15) is 5.75 Å². The number of methoxy groups -OCH3 is 1. The highest BCUT2D eigenvalue weighted by molar-refractivity contribution is 6.31. The van der Waals surface area contributed by atoms with E-state index in [9.17, 15) is 9.90 Å². The minimum absolute atomic E-state index is 0.0898. The average Bonchev–Trinajstić information content (AvgIpc) is 3.12. The van der Waals surface area contributed by atoms with E-state index in [4.69, 9.17) is 27.9 Å². The van der Waals surface area contributed by atoms with Crippen LogP contribution in [0.3, 0.4) is 0 Å². The lowest BCUT2D eigenvalue weighted by Crippen LogP contribution is -2.48. The molecule has 2 N–H and O–H groups in total. The first-order chi connectivity index (χ1) is 16.4. The van der Waals surface area contributed by atoms with E-state index in [0.29, 0.717) is 22.9 Å². The molecule has 176 valence electrons. The van der Waals surface area contributed by atoms with Crippen molar-refractivity contribution < 1.29 is 14.6 Å². The third-order valence-electron chi connectivity index (χ3n) is 7.69. The number of carboxylic acids is 1. The summed E-state index contributed by atoms with van der Waals surface area (Å²) in [4.78, 5) is 12.3. The number of carbonyl (C=O) groups is 1. The second-order valence-corrected chi connectivity index (χ2v) is 10.2. The number of rotatable bonds is 5. The van der Waals surface area contributed by atoms with Gasteiger partial charge in [-0.25, -0.2) is 0 Å². The topological polar surface area (TPSA) is 58.6 Å². The van der Waals surface area contributed by atoms with Crippen molar-refractivity contribution in [1.82, 2.24) is 0 Å². The van der Waals surface area contributed by atoms with Gasteiger partial charge in [0.15, 0.2) is 0 Å². The van der Waals surface area contributed by atoms with E-state index in [1.807, 2.05) is 42.5 Å². The molecule has 2 aliphatic carbocycles. The molecule has 3 aromatic carbocycles. The molecule has 0 aliphatic heterocycles. The minimum atomic E-state index is -0.771. The van der Waals surface area contributed by atoms with Gasteiger partial charge >= 0.3 is 5.97 Å². The van der Waals surface area contributed by atoms with Crippen LogP contribution < -0.4 is 10.1 Å². The quantitative estimate of drug-likeness (QED) is 0.402. The van der Waals surface area contributed by atoms with Crippen molar-refractivity contribution in [2.45, 2.75) is 43.1 Å². The molecule has 1 spiro atoms. The van der Waals surface area contributed by atoms with Crippen LogP contribution in [-0.2, 0) is 16.6 Å². The molecule has 34 heavy (non-hydrogen) atoms. The van der Waals surface area contributed by atoms with Crippen molar-refractivity contribution in [1.29, 1.82) is 0 Å². The van der Waals surface area contributed by atoms with Gasteiger partial charge in [-0.3, -0.25) is 4.79 Å². The number of anilines is 1.